The smallest absolute Gasteiger partial charge is 0.213 e. The van der Waals surface area contributed by atoms with Gasteiger partial charge in [-0.05, 0) is 25.5 Å². The summed E-state index contributed by atoms with van der Waals surface area (Å²) in [6.45, 7) is 2.69. The van der Waals surface area contributed by atoms with Crippen molar-refractivity contribution >= 4 is 21.7 Å². The molecular formula is C16H28N4O4S. The number of methoxy groups -OCH3 is 2. The van der Waals surface area contributed by atoms with Crippen LogP contribution in [0.4, 0.5) is 5.69 Å². The Labute approximate surface area is 150 Å². The average Bonchev–Trinajstić information content (AvgIpc) is 2.63. The fraction of sp³-hybridized carbons (Fsp3) is 0.562. The second-order valence-corrected chi connectivity index (χ2v) is 7.63. The van der Waals surface area contributed by atoms with Crippen LogP contribution in [0.3, 0.4) is 0 Å². The highest BCUT2D eigenvalue weighted by Gasteiger charge is 2.14. The summed E-state index contributed by atoms with van der Waals surface area (Å²) >= 11 is 0. The maximum atomic E-state index is 11.7. The molecule has 0 amide bonds. The molecule has 0 aliphatic rings. The molecule has 0 heterocycles. The summed E-state index contributed by atoms with van der Waals surface area (Å²) in [5.74, 6) is 1.97. The molecule has 0 aromatic heterocycles. The molecule has 9 heteroatoms. The van der Waals surface area contributed by atoms with Crippen LogP contribution in [0.15, 0.2) is 23.2 Å². The SMILES string of the molecule is CCS(=O)(=O)N(C)CCCNC(=NC)Nc1ccc(OC)c(OC)c1. The largest absolute Gasteiger partial charge is 0.493 e. The number of sulfonamides is 1. The third-order valence-corrected chi connectivity index (χ3v) is 5.51. The van der Waals surface area contributed by atoms with Crippen molar-refractivity contribution in [2.45, 2.75) is 13.3 Å². The zero-order chi connectivity index (χ0) is 18.9. The molecule has 0 atom stereocenters. The minimum absolute atomic E-state index is 0.111. The number of nitrogens with one attached hydrogen (secondary N) is 2. The topological polar surface area (TPSA) is 92.3 Å². The van der Waals surface area contributed by atoms with E-state index < -0.39 is 10.0 Å². The summed E-state index contributed by atoms with van der Waals surface area (Å²) < 4.78 is 35.2. The van der Waals surface area contributed by atoms with Gasteiger partial charge < -0.3 is 20.1 Å². The Balaban J connectivity index is 2.53. The predicted octanol–water partition coefficient (Wildman–Crippen LogP) is 1.36. The van der Waals surface area contributed by atoms with Crippen LogP contribution in [0.1, 0.15) is 13.3 Å². The van der Waals surface area contributed by atoms with Crippen molar-refractivity contribution in [3.05, 3.63) is 18.2 Å². The van der Waals surface area contributed by atoms with Gasteiger partial charge in [0.15, 0.2) is 17.5 Å². The third kappa shape index (κ3) is 6.43. The zero-order valence-corrected chi connectivity index (χ0v) is 16.3. The van der Waals surface area contributed by atoms with Gasteiger partial charge in [-0.1, -0.05) is 0 Å². The van der Waals surface area contributed by atoms with Crippen molar-refractivity contribution in [2.75, 3.05) is 52.5 Å². The van der Waals surface area contributed by atoms with E-state index in [1.54, 1.807) is 41.3 Å². The van der Waals surface area contributed by atoms with Crippen LogP contribution >= 0.6 is 0 Å². The van der Waals surface area contributed by atoms with Gasteiger partial charge in [0.2, 0.25) is 10.0 Å². The van der Waals surface area contributed by atoms with Crippen LogP contribution in [0.2, 0.25) is 0 Å². The number of hydrogen-bond acceptors (Lipinski definition) is 5. The molecule has 8 nitrogen and oxygen atoms in total. The monoisotopic (exact) mass is 372 g/mol. The summed E-state index contributed by atoms with van der Waals surface area (Å²) in [7, 11) is 3.29. The van der Waals surface area contributed by atoms with Gasteiger partial charge in [0.1, 0.15) is 0 Å². The van der Waals surface area contributed by atoms with Crippen molar-refractivity contribution in [1.29, 1.82) is 0 Å². The number of rotatable bonds is 9. The van der Waals surface area contributed by atoms with Crippen LogP contribution < -0.4 is 20.1 Å². The highest BCUT2D eigenvalue weighted by atomic mass is 32.2. The van der Waals surface area contributed by atoms with Crippen molar-refractivity contribution in [2.24, 2.45) is 4.99 Å². The fourth-order valence-corrected chi connectivity index (χ4v) is 2.95. The zero-order valence-electron chi connectivity index (χ0n) is 15.5. The Bertz CT molecular complexity index is 677. The molecule has 0 fully saturated rings. The normalized spacial score (nSPS) is 12.2. The third-order valence-electron chi connectivity index (χ3n) is 3.65. The van der Waals surface area contributed by atoms with Crippen LogP contribution in [0.25, 0.3) is 0 Å². The molecule has 1 aromatic carbocycles. The van der Waals surface area contributed by atoms with Crippen LogP contribution in [-0.4, -0.2) is 65.8 Å². The lowest BCUT2D eigenvalue weighted by atomic mass is 10.2. The van der Waals surface area contributed by atoms with Crippen molar-refractivity contribution in [1.82, 2.24) is 9.62 Å². The average molecular weight is 372 g/mol. The van der Waals surface area contributed by atoms with Gasteiger partial charge in [-0.3, -0.25) is 4.99 Å². The maximum absolute atomic E-state index is 11.7. The van der Waals surface area contributed by atoms with E-state index in [1.165, 1.54) is 4.31 Å². The number of aliphatic imine (C=N–C) groups is 1. The van der Waals surface area contributed by atoms with E-state index >= 15 is 0 Å². The van der Waals surface area contributed by atoms with Gasteiger partial charge in [0.05, 0.1) is 20.0 Å². The number of nitrogens with zero attached hydrogens (tertiary/aromatic N) is 2. The first kappa shape index (κ1) is 21.0. The molecule has 1 aromatic rings. The number of anilines is 1. The second kappa shape index (κ2) is 10.1. The molecule has 0 aliphatic carbocycles. The first-order chi connectivity index (χ1) is 11.9. The Morgan fingerprint density at radius 3 is 2.48 bits per heavy atom. The Morgan fingerprint density at radius 2 is 1.92 bits per heavy atom. The Morgan fingerprint density at radius 1 is 1.24 bits per heavy atom. The molecule has 0 aliphatic heterocycles. The van der Waals surface area contributed by atoms with E-state index in [9.17, 15) is 8.42 Å². The van der Waals surface area contributed by atoms with Crippen LogP contribution in [0.5, 0.6) is 11.5 Å². The van der Waals surface area contributed by atoms with Crippen LogP contribution in [0, 0.1) is 0 Å². The Hall–Kier alpha value is -2.00. The molecule has 2 N–H and O–H groups in total. The number of benzene rings is 1. The standard InChI is InChI=1S/C16H28N4O4S/c1-6-25(21,22)20(3)11-7-10-18-16(17-2)19-13-8-9-14(23-4)15(12-13)24-5/h8-9,12H,6-7,10-11H2,1-5H3,(H2,17,18,19). The lowest BCUT2D eigenvalue weighted by Gasteiger charge is -2.17. The van der Waals surface area contributed by atoms with Gasteiger partial charge in [0.25, 0.3) is 0 Å². The molecular weight excluding hydrogens is 344 g/mol. The summed E-state index contributed by atoms with van der Waals surface area (Å²) in [5.41, 5.74) is 0.802. The van der Waals surface area contributed by atoms with E-state index in [0.717, 1.165) is 5.69 Å². The second-order valence-electron chi connectivity index (χ2n) is 5.27. The van der Waals surface area contributed by atoms with Crippen molar-refractivity contribution in [3.8, 4) is 11.5 Å². The van der Waals surface area contributed by atoms with E-state index in [4.69, 9.17) is 9.47 Å². The summed E-state index contributed by atoms with van der Waals surface area (Å²) in [5, 5.41) is 6.31. The molecule has 25 heavy (non-hydrogen) atoms. The quantitative estimate of drug-likeness (QED) is 0.386. The summed E-state index contributed by atoms with van der Waals surface area (Å²) in [6.07, 6.45) is 0.669. The maximum Gasteiger partial charge on any atom is 0.213 e. The minimum atomic E-state index is -3.13. The fourth-order valence-electron chi connectivity index (χ4n) is 2.10. The van der Waals surface area contributed by atoms with Gasteiger partial charge in [-0.2, -0.15) is 0 Å². The molecule has 1 rings (SSSR count). The summed E-state index contributed by atoms with van der Waals surface area (Å²) in [6, 6.07) is 5.47. The van der Waals surface area contributed by atoms with Crippen molar-refractivity contribution in [3.63, 3.8) is 0 Å². The predicted molar refractivity (Wildman–Crippen MR) is 101 cm³/mol. The molecule has 0 bridgehead atoms. The van der Waals surface area contributed by atoms with E-state index in [0.29, 0.717) is 37.0 Å². The lowest BCUT2D eigenvalue weighted by molar-refractivity contribution is 0.355. The number of guanidine groups is 1. The molecule has 142 valence electrons. The first-order valence-electron chi connectivity index (χ1n) is 8.01. The number of ether oxygens (including phenoxy) is 2. The minimum Gasteiger partial charge on any atom is -0.493 e. The molecule has 0 unspecified atom stereocenters. The molecule has 0 saturated carbocycles. The van der Waals surface area contributed by atoms with Gasteiger partial charge in [0, 0.05) is 38.9 Å². The molecule has 0 radical (unpaired) electrons. The number of hydrogen-bond donors (Lipinski definition) is 2. The first-order valence-corrected chi connectivity index (χ1v) is 9.62. The lowest BCUT2D eigenvalue weighted by Crippen LogP contribution is -2.34. The highest BCUT2D eigenvalue weighted by Crippen LogP contribution is 2.29. The van der Waals surface area contributed by atoms with E-state index in [1.807, 2.05) is 12.1 Å². The van der Waals surface area contributed by atoms with Crippen molar-refractivity contribution < 1.29 is 17.9 Å². The molecule has 0 spiro atoms. The Kier molecular flexibility index (Phi) is 8.50. The highest BCUT2D eigenvalue weighted by molar-refractivity contribution is 7.89. The van der Waals surface area contributed by atoms with E-state index in [-0.39, 0.29) is 5.75 Å². The van der Waals surface area contributed by atoms with Crippen LogP contribution in [-0.2, 0) is 10.0 Å². The van der Waals surface area contributed by atoms with Gasteiger partial charge >= 0.3 is 0 Å². The van der Waals surface area contributed by atoms with E-state index in [2.05, 4.69) is 15.6 Å². The van der Waals surface area contributed by atoms with Gasteiger partial charge in [-0.25, -0.2) is 12.7 Å². The summed E-state index contributed by atoms with van der Waals surface area (Å²) in [4.78, 5) is 4.15. The van der Waals surface area contributed by atoms with Gasteiger partial charge in [-0.15, -0.1) is 0 Å². The molecule has 0 saturated heterocycles.